The second kappa shape index (κ2) is 7.87. The van der Waals surface area contributed by atoms with Crippen LogP contribution in [0.5, 0.6) is 0 Å². The summed E-state index contributed by atoms with van der Waals surface area (Å²) in [7, 11) is 0. The molecule has 0 aliphatic rings. The summed E-state index contributed by atoms with van der Waals surface area (Å²) >= 11 is 0. The average molecular weight is 402 g/mol. The molecule has 2 N–H and O–H groups in total. The molecule has 0 fully saturated rings. The second-order valence-electron chi connectivity index (χ2n) is 6.77. The number of alkyl halides is 3. The maximum absolute atomic E-state index is 13.9. The molecule has 0 spiro atoms. The molecule has 0 saturated carbocycles. The van der Waals surface area contributed by atoms with Gasteiger partial charge in [0.05, 0.1) is 5.69 Å². The lowest BCUT2D eigenvalue weighted by Crippen LogP contribution is -2.27. The summed E-state index contributed by atoms with van der Waals surface area (Å²) in [6.07, 6.45) is -4.48. The third kappa shape index (κ3) is 6.25. The Labute approximate surface area is 157 Å². The number of nitrogens with zero attached hydrogens (tertiary/aromatic N) is 2. The number of benzene rings is 1. The molecule has 0 aliphatic carbocycles. The van der Waals surface area contributed by atoms with Gasteiger partial charge in [-0.05, 0) is 45.0 Å². The summed E-state index contributed by atoms with van der Waals surface area (Å²) in [5, 5.41) is 7.87. The number of halogens is 4. The predicted octanol–water partition coefficient (Wildman–Crippen LogP) is 4.03. The number of rotatable bonds is 4. The highest BCUT2D eigenvalue weighted by molar-refractivity contribution is 5.92. The van der Waals surface area contributed by atoms with E-state index in [0.29, 0.717) is 0 Å². The molecular formula is C17H18F4N4O3. The van der Waals surface area contributed by atoms with Crippen molar-refractivity contribution in [1.29, 1.82) is 0 Å². The summed E-state index contributed by atoms with van der Waals surface area (Å²) in [6, 6.07) is 4.14. The summed E-state index contributed by atoms with van der Waals surface area (Å²) in [5.41, 5.74) is -2.01. The van der Waals surface area contributed by atoms with Crippen LogP contribution in [0, 0.1) is 5.82 Å². The zero-order valence-electron chi connectivity index (χ0n) is 15.2. The van der Waals surface area contributed by atoms with Gasteiger partial charge in [-0.1, -0.05) is 0 Å². The predicted molar refractivity (Wildman–Crippen MR) is 92.1 cm³/mol. The maximum atomic E-state index is 13.9. The van der Waals surface area contributed by atoms with Gasteiger partial charge in [0.25, 0.3) is 0 Å². The highest BCUT2D eigenvalue weighted by Crippen LogP contribution is 2.27. The molecule has 11 heteroatoms. The molecule has 1 aromatic heterocycles. The molecular weight excluding hydrogens is 384 g/mol. The van der Waals surface area contributed by atoms with Crippen LogP contribution in [0.2, 0.25) is 0 Å². The molecule has 2 rings (SSSR count). The highest BCUT2D eigenvalue weighted by atomic mass is 19.4. The first kappa shape index (κ1) is 21.2. The highest BCUT2D eigenvalue weighted by Gasteiger charge is 2.33. The number of anilines is 2. The Morgan fingerprint density at radius 3 is 2.39 bits per heavy atom. The van der Waals surface area contributed by atoms with Crippen LogP contribution in [0.3, 0.4) is 0 Å². The van der Waals surface area contributed by atoms with Crippen molar-refractivity contribution in [1.82, 2.24) is 9.78 Å². The van der Waals surface area contributed by atoms with Crippen LogP contribution in [0.15, 0.2) is 30.5 Å². The fourth-order valence-corrected chi connectivity index (χ4v) is 2.06. The van der Waals surface area contributed by atoms with Gasteiger partial charge >= 0.3 is 12.3 Å². The zero-order valence-corrected chi connectivity index (χ0v) is 15.2. The normalized spacial score (nSPS) is 11.8. The molecule has 1 heterocycles. The first-order valence-corrected chi connectivity index (χ1v) is 8.03. The lowest BCUT2D eigenvalue weighted by atomic mass is 10.2. The Morgan fingerprint density at radius 1 is 1.14 bits per heavy atom. The fourth-order valence-electron chi connectivity index (χ4n) is 2.06. The molecule has 2 aromatic rings. The number of amides is 2. The van der Waals surface area contributed by atoms with Crippen molar-refractivity contribution in [3.05, 3.63) is 42.0 Å². The first-order valence-electron chi connectivity index (χ1n) is 8.03. The van der Waals surface area contributed by atoms with Gasteiger partial charge in [0, 0.05) is 11.9 Å². The van der Waals surface area contributed by atoms with Crippen LogP contribution in [-0.4, -0.2) is 27.4 Å². The topological polar surface area (TPSA) is 85.3 Å². The van der Waals surface area contributed by atoms with Gasteiger partial charge in [-0.15, -0.1) is 0 Å². The lowest BCUT2D eigenvalue weighted by Gasteiger charge is -2.20. The van der Waals surface area contributed by atoms with E-state index in [4.69, 9.17) is 4.74 Å². The number of nitrogens with one attached hydrogen (secondary N) is 2. The van der Waals surface area contributed by atoms with Gasteiger partial charge in [-0.3, -0.25) is 14.8 Å². The number of carbonyl (C=O) groups excluding carboxylic acids is 2. The van der Waals surface area contributed by atoms with Gasteiger partial charge < -0.3 is 10.1 Å². The van der Waals surface area contributed by atoms with Crippen molar-refractivity contribution in [2.45, 2.75) is 39.1 Å². The van der Waals surface area contributed by atoms with Crippen molar-refractivity contribution >= 4 is 23.4 Å². The van der Waals surface area contributed by atoms with E-state index in [9.17, 15) is 27.2 Å². The Balaban J connectivity index is 2.03. The molecule has 0 unspecified atom stereocenters. The van der Waals surface area contributed by atoms with E-state index in [1.54, 1.807) is 20.8 Å². The van der Waals surface area contributed by atoms with Crippen LogP contribution < -0.4 is 10.6 Å². The molecule has 2 amide bonds. The molecule has 0 bridgehead atoms. The molecule has 1 aromatic carbocycles. The minimum Gasteiger partial charge on any atom is -0.444 e. The number of hydrogen-bond acceptors (Lipinski definition) is 4. The molecule has 0 radical (unpaired) electrons. The van der Waals surface area contributed by atoms with E-state index in [1.165, 1.54) is 6.07 Å². The monoisotopic (exact) mass is 402 g/mol. The Kier molecular flexibility index (Phi) is 5.95. The molecule has 7 nitrogen and oxygen atoms in total. The van der Waals surface area contributed by atoms with E-state index in [-0.39, 0.29) is 11.4 Å². The minimum absolute atomic E-state index is 0.126. The standard InChI is InChI=1S/C17H18F4N4O3/c1-16(2,3)28-15(27)23-12-8-10(4-5-11(12)18)22-14(26)9-25-7-6-13(24-25)17(19,20)21/h4-8H,9H2,1-3H3,(H,22,26)(H,23,27). The molecule has 28 heavy (non-hydrogen) atoms. The van der Waals surface area contributed by atoms with Crippen LogP contribution in [0.25, 0.3) is 0 Å². The first-order chi connectivity index (χ1) is 12.8. The quantitative estimate of drug-likeness (QED) is 0.757. The smallest absolute Gasteiger partial charge is 0.435 e. The summed E-state index contributed by atoms with van der Waals surface area (Å²) in [5.74, 6) is -1.45. The average Bonchev–Trinajstić information content (AvgIpc) is 2.97. The second-order valence-corrected chi connectivity index (χ2v) is 6.77. The van der Waals surface area contributed by atoms with Crippen LogP contribution >= 0.6 is 0 Å². The number of aromatic nitrogens is 2. The SMILES string of the molecule is CC(C)(C)OC(=O)Nc1cc(NC(=O)Cn2ccc(C(F)(F)F)n2)ccc1F. The summed E-state index contributed by atoms with van der Waals surface area (Å²) in [4.78, 5) is 23.7. The van der Waals surface area contributed by atoms with E-state index in [2.05, 4.69) is 15.7 Å². The summed E-state index contributed by atoms with van der Waals surface area (Å²) in [6.45, 7) is 4.43. The summed E-state index contributed by atoms with van der Waals surface area (Å²) < 4.78 is 57.3. The van der Waals surface area contributed by atoms with Crippen LogP contribution in [0.1, 0.15) is 26.5 Å². The van der Waals surface area contributed by atoms with E-state index in [1.807, 2.05) is 0 Å². The molecule has 0 saturated heterocycles. The lowest BCUT2D eigenvalue weighted by molar-refractivity contribution is -0.141. The van der Waals surface area contributed by atoms with Crippen molar-refractivity contribution in [2.75, 3.05) is 10.6 Å². The number of hydrogen-bond donors (Lipinski definition) is 2. The number of carbonyl (C=O) groups is 2. The van der Waals surface area contributed by atoms with Gasteiger partial charge in [-0.25, -0.2) is 9.18 Å². The van der Waals surface area contributed by atoms with Gasteiger partial charge in [-0.2, -0.15) is 18.3 Å². The van der Waals surface area contributed by atoms with Gasteiger partial charge in [0.15, 0.2) is 5.69 Å². The van der Waals surface area contributed by atoms with Crippen LogP contribution in [-0.2, 0) is 22.3 Å². The third-order valence-electron chi connectivity index (χ3n) is 3.12. The third-order valence-corrected chi connectivity index (χ3v) is 3.12. The molecule has 152 valence electrons. The largest absolute Gasteiger partial charge is 0.444 e. The number of ether oxygens (including phenoxy) is 1. The van der Waals surface area contributed by atoms with Crippen molar-refractivity contribution in [3.8, 4) is 0 Å². The molecule has 0 atom stereocenters. The fraction of sp³-hybridized carbons (Fsp3) is 0.353. The van der Waals surface area contributed by atoms with E-state index in [0.717, 1.165) is 29.1 Å². The zero-order chi connectivity index (χ0) is 21.1. The maximum Gasteiger partial charge on any atom is 0.435 e. The molecule has 0 aliphatic heterocycles. The van der Waals surface area contributed by atoms with Gasteiger partial charge in [0.2, 0.25) is 5.91 Å². The van der Waals surface area contributed by atoms with E-state index < -0.39 is 41.8 Å². The van der Waals surface area contributed by atoms with Crippen molar-refractivity contribution in [2.24, 2.45) is 0 Å². The van der Waals surface area contributed by atoms with Crippen molar-refractivity contribution < 1.29 is 31.9 Å². The Hall–Kier alpha value is -3.11. The van der Waals surface area contributed by atoms with E-state index >= 15 is 0 Å². The Bertz CT molecular complexity index is 872. The van der Waals surface area contributed by atoms with Crippen molar-refractivity contribution in [3.63, 3.8) is 0 Å². The minimum atomic E-state index is -4.61. The Morgan fingerprint density at radius 2 is 1.82 bits per heavy atom. The van der Waals surface area contributed by atoms with Gasteiger partial charge in [0.1, 0.15) is 18.0 Å². The van der Waals surface area contributed by atoms with Crippen LogP contribution in [0.4, 0.5) is 33.7 Å².